The van der Waals surface area contributed by atoms with E-state index in [2.05, 4.69) is 0 Å². The molecule has 0 aromatic heterocycles. The minimum Gasteiger partial charge on any atom is -0.497 e. The molecule has 3 rings (SSSR count). The van der Waals surface area contributed by atoms with Crippen molar-refractivity contribution in [3.05, 3.63) is 58.4 Å². The van der Waals surface area contributed by atoms with Crippen LogP contribution in [0.5, 0.6) is 11.5 Å². The van der Waals surface area contributed by atoms with Gasteiger partial charge in [0.25, 0.3) is 0 Å². The summed E-state index contributed by atoms with van der Waals surface area (Å²) < 4.78 is 24.1. The maximum Gasteiger partial charge on any atom is 0.224 e. The molecule has 1 fully saturated rings. The molecule has 1 aliphatic rings. The van der Waals surface area contributed by atoms with Gasteiger partial charge in [-0.3, -0.25) is 4.79 Å². The highest BCUT2D eigenvalue weighted by atomic mass is 35.5. The molecule has 1 unspecified atom stereocenters. The Labute approximate surface area is 167 Å². The molecule has 0 aliphatic carbocycles. The molecule has 0 N–H and O–H groups in total. The highest BCUT2D eigenvalue weighted by Gasteiger charge is 2.32. The number of benzene rings is 2. The smallest absolute Gasteiger partial charge is 0.224 e. The summed E-state index contributed by atoms with van der Waals surface area (Å²) in [4.78, 5) is 14.7. The monoisotopic (exact) mass is 409 g/mol. The lowest BCUT2D eigenvalue weighted by Gasteiger charge is -2.26. The molecule has 2 aromatic carbocycles. The Kier molecular flexibility index (Phi) is 6.50. The molecule has 0 spiro atoms. The van der Waals surface area contributed by atoms with Gasteiger partial charge in [-0.05, 0) is 42.3 Å². The van der Waals surface area contributed by atoms with Gasteiger partial charge in [0.2, 0.25) is 5.91 Å². The van der Waals surface area contributed by atoms with E-state index < -0.39 is 5.82 Å². The van der Waals surface area contributed by atoms with Gasteiger partial charge in [0, 0.05) is 24.3 Å². The Balaban J connectivity index is 1.74. The van der Waals surface area contributed by atoms with Crippen LogP contribution in [0.3, 0.4) is 0 Å². The first-order valence-corrected chi connectivity index (χ1v) is 10.0. The van der Waals surface area contributed by atoms with Crippen molar-refractivity contribution in [1.29, 1.82) is 0 Å². The van der Waals surface area contributed by atoms with E-state index in [4.69, 9.17) is 21.1 Å². The number of carbonyl (C=O) groups is 1. The van der Waals surface area contributed by atoms with Crippen molar-refractivity contribution in [1.82, 2.24) is 4.90 Å². The van der Waals surface area contributed by atoms with Crippen molar-refractivity contribution in [2.45, 2.75) is 18.2 Å². The third kappa shape index (κ3) is 4.50. The Morgan fingerprint density at radius 2 is 2.07 bits per heavy atom. The van der Waals surface area contributed by atoms with Crippen molar-refractivity contribution < 1.29 is 18.7 Å². The van der Waals surface area contributed by atoms with E-state index in [-0.39, 0.29) is 16.3 Å². The first-order chi connectivity index (χ1) is 13.0. The summed E-state index contributed by atoms with van der Waals surface area (Å²) in [5.74, 6) is 1.92. The third-order valence-electron chi connectivity index (χ3n) is 4.53. The van der Waals surface area contributed by atoms with Gasteiger partial charge in [-0.15, -0.1) is 11.8 Å². The summed E-state index contributed by atoms with van der Waals surface area (Å²) in [7, 11) is 3.24. The van der Waals surface area contributed by atoms with Crippen LogP contribution in [0.1, 0.15) is 22.9 Å². The van der Waals surface area contributed by atoms with Crippen LogP contribution in [0.2, 0.25) is 5.02 Å². The second-order valence-corrected chi connectivity index (χ2v) is 7.76. The molecule has 0 bridgehead atoms. The maximum absolute atomic E-state index is 13.3. The molecule has 4 nitrogen and oxygen atoms in total. The molecule has 1 amide bonds. The molecule has 1 atom stereocenters. The fraction of sp³-hybridized carbons (Fsp3) is 0.350. The van der Waals surface area contributed by atoms with Crippen molar-refractivity contribution in [2.75, 3.05) is 26.5 Å². The number of ether oxygens (including phenoxy) is 2. The lowest BCUT2D eigenvalue weighted by atomic mass is 10.1. The van der Waals surface area contributed by atoms with Crippen molar-refractivity contribution in [3.8, 4) is 11.5 Å². The second-order valence-electron chi connectivity index (χ2n) is 6.17. The number of methoxy groups -OCH3 is 2. The molecule has 27 heavy (non-hydrogen) atoms. The predicted octanol–water partition coefficient (Wildman–Crippen LogP) is 4.70. The van der Waals surface area contributed by atoms with E-state index in [9.17, 15) is 9.18 Å². The largest absolute Gasteiger partial charge is 0.497 e. The molecule has 1 aliphatic heterocycles. The highest BCUT2D eigenvalue weighted by Crippen LogP contribution is 2.43. The van der Waals surface area contributed by atoms with E-state index in [1.807, 2.05) is 23.1 Å². The number of hydrogen-bond acceptors (Lipinski definition) is 4. The lowest BCUT2D eigenvalue weighted by Crippen LogP contribution is -2.30. The number of thioether (sulfide) groups is 1. The van der Waals surface area contributed by atoms with E-state index >= 15 is 0 Å². The summed E-state index contributed by atoms with van der Waals surface area (Å²) in [6.45, 7) is 0.679. The van der Waals surface area contributed by atoms with Crippen molar-refractivity contribution in [3.63, 3.8) is 0 Å². The Morgan fingerprint density at radius 1 is 1.26 bits per heavy atom. The average molecular weight is 410 g/mol. The van der Waals surface area contributed by atoms with Crippen LogP contribution in [0.4, 0.5) is 4.39 Å². The minimum absolute atomic E-state index is 0.0512. The van der Waals surface area contributed by atoms with E-state index in [0.29, 0.717) is 19.4 Å². The Bertz CT molecular complexity index is 833. The van der Waals surface area contributed by atoms with Gasteiger partial charge < -0.3 is 14.4 Å². The molecule has 1 saturated heterocycles. The first-order valence-electron chi connectivity index (χ1n) is 8.60. The third-order valence-corrected chi connectivity index (χ3v) is 6.06. The van der Waals surface area contributed by atoms with Gasteiger partial charge in [-0.2, -0.15) is 0 Å². The summed E-state index contributed by atoms with van der Waals surface area (Å²) in [6, 6.07) is 10.2. The number of amides is 1. The van der Waals surface area contributed by atoms with Crippen LogP contribution >= 0.6 is 23.4 Å². The number of carbonyl (C=O) groups excluding carboxylic acids is 1. The SMILES string of the molecule is COc1ccc(OC)c(C2SCCN2C(=O)CCc2ccc(F)c(Cl)c2)c1. The molecule has 0 radical (unpaired) electrons. The number of halogens is 2. The molecular weight excluding hydrogens is 389 g/mol. The second kappa shape index (κ2) is 8.85. The van der Waals surface area contributed by atoms with Gasteiger partial charge >= 0.3 is 0 Å². The molecular formula is C20H21ClFNO3S. The summed E-state index contributed by atoms with van der Waals surface area (Å²) >= 11 is 7.53. The lowest BCUT2D eigenvalue weighted by molar-refractivity contribution is -0.131. The van der Waals surface area contributed by atoms with Crippen LogP contribution < -0.4 is 9.47 Å². The van der Waals surface area contributed by atoms with Gasteiger partial charge in [0.1, 0.15) is 22.7 Å². The minimum atomic E-state index is -0.451. The molecule has 2 aromatic rings. The summed E-state index contributed by atoms with van der Waals surface area (Å²) in [6.07, 6.45) is 0.854. The van der Waals surface area contributed by atoms with Gasteiger partial charge in [-0.25, -0.2) is 4.39 Å². The molecule has 1 heterocycles. The summed E-state index contributed by atoms with van der Waals surface area (Å²) in [5.41, 5.74) is 1.77. The number of hydrogen-bond donors (Lipinski definition) is 0. The first kappa shape index (κ1) is 19.8. The molecule has 7 heteroatoms. The van der Waals surface area contributed by atoms with Crippen LogP contribution in [-0.2, 0) is 11.2 Å². The number of nitrogens with zero attached hydrogens (tertiary/aromatic N) is 1. The number of rotatable bonds is 6. The average Bonchev–Trinajstić information content (AvgIpc) is 3.17. The van der Waals surface area contributed by atoms with Crippen LogP contribution in [-0.4, -0.2) is 37.3 Å². The molecule has 0 saturated carbocycles. The van der Waals surface area contributed by atoms with Gasteiger partial charge in [0.15, 0.2) is 0 Å². The number of aryl methyl sites for hydroxylation is 1. The van der Waals surface area contributed by atoms with Crippen molar-refractivity contribution in [2.24, 2.45) is 0 Å². The quantitative estimate of drug-likeness (QED) is 0.693. The zero-order valence-electron chi connectivity index (χ0n) is 15.2. The fourth-order valence-corrected chi connectivity index (χ4v) is 4.60. The summed E-state index contributed by atoms with van der Waals surface area (Å²) in [5, 5.41) is -0.0324. The Hall–Kier alpha value is -1.92. The van der Waals surface area contributed by atoms with Crippen LogP contribution in [0, 0.1) is 5.82 Å². The van der Waals surface area contributed by atoms with E-state index in [1.165, 1.54) is 6.07 Å². The van der Waals surface area contributed by atoms with Crippen molar-refractivity contribution >= 4 is 29.3 Å². The van der Waals surface area contributed by atoms with Crippen LogP contribution in [0.15, 0.2) is 36.4 Å². The standard InChI is InChI=1S/C20H21ClFNO3S/c1-25-14-5-7-18(26-2)15(12-14)20-23(9-10-27-20)19(24)8-4-13-3-6-17(22)16(21)11-13/h3,5-7,11-12,20H,4,8-10H2,1-2H3. The predicted molar refractivity (Wildman–Crippen MR) is 106 cm³/mol. The van der Waals surface area contributed by atoms with Crippen LogP contribution in [0.25, 0.3) is 0 Å². The normalized spacial score (nSPS) is 16.4. The van der Waals surface area contributed by atoms with E-state index in [1.54, 1.807) is 38.1 Å². The Morgan fingerprint density at radius 3 is 2.78 bits per heavy atom. The highest BCUT2D eigenvalue weighted by molar-refractivity contribution is 7.99. The van der Waals surface area contributed by atoms with Gasteiger partial charge in [-0.1, -0.05) is 17.7 Å². The van der Waals surface area contributed by atoms with E-state index in [0.717, 1.165) is 28.4 Å². The zero-order valence-corrected chi connectivity index (χ0v) is 16.8. The maximum atomic E-state index is 13.3. The zero-order chi connectivity index (χ0) is 19.4. The molecule has 144 valence electrons. The topological polar surface area (TPSA) is 38.8 Å². The van der Waals surface area contributed by atoms with Gasteiger partial charge in [0.05, 0.1) is 19.2 Å². The fourth-order valence-electron chi connectivity index (χ4n) is 3.11.